The van der Waals surface area contributed by atoms with E-state index < -0.39 is 0 Å². The Morgan fingerprint density at radius 1 is 1.17 bits per heavy atom. The van der Waals surface area contributed by atoms with E-state index in [1.165, 1.54) is 0 Å². The van der Waals surface area contributed by atoms with Gasteiger partial charge in [-0.25, -0.2) is 0 Å². The maximum atomic E-state index is 5.85. The molecule has 0 saturated carbocycles. The first-order chi connectivity index (χ1) is 8.70. The predicted molar refractivity (Wildman–Crippen MR) is 73.8 cm³/mol. The molecule has 106 valence electrons. The summed E-state index contributed by atoms with van der Waals surface area (Å²) in [5.41, 5.74) is 5.85. The molecule has 0 spiro atoms. The molecule has 2 heterocycles. The van der Waals surface area contributed by atoms with Gasteiger partial charge in [0.1, 0.15) is 0 Å². The number of hydrogen-bond donors (Lipinski definition) is 1. The zero-order chi connectivity index (χ0) is 13.0. The molecule has 2 atom stereocenters. The number of piperazine rings is 1. The van der Waals surface area contributed by atoms with Crippen LogP contribution in [0.4, 0.5) is 0 Å². The van der Waals surface area contributed by atoms with Crippen molar-refractivity contribution in [3.63, 3.8) is 0 Å². The SMILES string of the molecule is CC1CN(C)C(CN)CN1CCN1CCOCC1. The summed E-state index contributed by atoms with van der Waals surface area (Å²) in [4.78, 5) is 7.49. The Morgan fingerprint density at radius 2 is 1.89 bits per heavy atom. The maximum Gasteiger partial charge on any atom is 0.0594 e. The van der Waals surface area contributed by atoms with Gasteiger partial charge >= 0.3 is 0 Å². The summed E-state index contributed by atoms with van der Waals surface area (Å²) in [7, 11) is 2.19. The van der Waals surface area contributed by atoms with Crippen LogP contribution in [0, 0.1) is 0 Å². The lowest BCUT2D eigenvalue weighted by atomic mass is 10.1. The summed E-state index contributed by atoms with van der Waals surface area (Å²) < 4.78 is 5.38. The van der Waals surface area contributed by atoms with Gasteiger partial charge in [-0.15, -0.1) is 0 Å². The number of hydrogen-bond acceptors (Lipinski definition) is 5. The quantitative estimate of drug-likeness (QED) is 0.719. The van der Waals surface area contributed by atoms with Gasteiger partial charge in [-0.05, 0) is 14.0 Å². The Labute approximate surface area is 111 Å². The molecule has 0 aliphatic carbocycles. The molecule has 0 aromatic carbocycles. The lowest BCUT2D eigenvalue weighted by Gasteiger charge is -2.44. The first-order valence-corrected chi connectivity index (χ1v) is 7.15. The number of rotatable bonds is 4. The molecule has 0 aromatic heterocycles. The zero-order valence-electron chi connectivity index (χ0n) is 11.8. The lowest BCUT2D eigenvalue weighted by molar-refractivity contribution is 0.0165. The average Bonchev–Trinajstić information content (AvgIpc) is 2.39. The van der Waals surface area contributed by atoms with Crippen molar-refractivity contribution >= 4 is 0 Å². The third-order valence-electron chi connectivity index (χ3n) is 4.32. The Bertz CT molecular complexity index is 245. The molecule has 0 radical (unpaired) electrons. The fourth-order valence-corrected chi connectivity index (χ4v) is 2.93. The molecule has 0 bridgehead atoms. The minimum Gasteiger partial charge on any atom is -0.379 e. The molecular weight excluding hydrogens is 228 g/mol. The Morgan fingerprint density at radius 3 is 2.56 bits per heavy atom. The summed E-state index contributed by atoms with van der Waals surface area (Å²) in [5.74, 6) is 0. The van der Waals surface area contributed by atoms with E-state index in [2.05, 4.69) is 28.7 Å². The maximum absolute atomic E-state index is 5.85. The monoisotopic (exact) mass is 256 g/mol. The summed E-state index contributed by atoms with van der Waals surface area (Å²) in [5, 5.41) is 0. The fraction of sp³-hybridized carbons (Fsp3) is 1.00. The van der Waals surface area contributed by atoms with Gasteiger partial charge in [0, 0.05) is 57.9 Å². The van der Waals surface area contributed by atoms with Gasteiger partial charge in [0.15, 0.2) is 0 Å². The van der Waals surface area contributed by atoms with Crippen LogP contribution in [0.5, 0.6) is 0 Å². The van der Waals surface area contributed by atoms with Crippen molar-refractivity contribution in [1.82, 2.24) is 14.7 Å². The van der Waals surface area contributed by atoms with Crippen LogP contribution in [-0.2, 0) is 4.74 Å². The van der Waals surface area contributed by atoms with Crippen molar-refractivity contribution in [3.05, 3.63) is 0 Å². The van der Waals surface area contributed by atoms with E-state index in [9.17, 15) is 0 Å². The van der Waals surface area contributed by atoms with E-state index in [0.717, 1.165) is 59.0 Å². The first-order valence-electron chi connectivity index (χ1n) is 7.15. The highest BCUT2D eigenvalue weighted by Gasteiger charge is 2.28. The molecule has 18 heavy (non-hydrogen) atoms. The molecule has 0 aromatic rings. The Balaban J connectivity index is 1.76. The second-order valence-corrected chi connectivity index (χ2v) is 5.63. The highest BCUT2D eigenvalue weighted by atomic mass is 16.5. The van der Waals surface area contributed by atoms with Crippen LogP contribution < -0.4 is 5.73 Å². The van der Waals surface area contributed by atoms with Crippen molar-refractivity contribution in [2.45, 2.75) is 19.0 Å². The third-order valence-corrected chi connectivity index (χ3v) is 4.32. The van der Waals surface area contributed by atoms with Crippen LogP contribution in [0.15, 0.2) is 0 Å². The molecule has 2 unspecified atom stereocenters. The molecule has 5 heteroatoms. The normalized spacial score (nSPS) is 32.8. The summed E-state index contributed by atoms with van der Waals surface area (Å²) >= 11 is 0. The van der Waals surface area contributed by atoms with Gasteiger partial charge in [-0.2, -0.15) is 0 Å². The van der Waals surface area contributed by atoms with E-state index in [1.54, 1.807) is 0 Å². The summed E-state index contributed by atoms with van der Waals surface area (Å²) in [6.07, 6.45) is 0. The van der Waals surface area contributed by atoms with Crippen molar-refractivity contribution in [2.75, 3.05) is 66.1 Å². The van der Waals surface area contributed by atoms with Gasteiger partial charge in [-0.3, -0.25) is 14.7 Å². The van der Waals surface area contributed by atoms with E-state index in [4.69, 9.17) is 10.5 Å². The van der Waals surface area contributed by atoms with Gasteiger partial charge in [-0.1, -0.05) is 0 Å². The fourth-order valence-electron chi connectivity index (χ4n) is 2.93. The first kappa shape index (κ1) is 14.2. The van der Waals surface area contributed by atoms with Gasteiger partial charge in [0.05, 0.1) is 13.2 Å². The molecule has 2 N–H and O–H groups in total. The molecule has 5 nitrogen and oxygen atoms in total. The predicted octanol–water partition coefficient (Wildman–Crippen LogP) is -0.718. The minimum atomic E-state index is 0.519. The van der Waals surface area contributed by atoms with Crippen LogP contribution >= 0.6 is 0 Å². The van der Waals surface area contributed by atoms with Crippen molar-refractivity contribution in [3.8, 4) is 0 Å². The topological polar surface area (TPSA) is 45.0 Å². The van der Waals surface area contributed by atoms with Crippen LogP contribution in [0.25, 0.3) is 0 Å². The van der Waals surface area contributed by atoms with Crippen LogP contribution in [0.1, 0.15) is 6.92 Å². The van der Waals surface area contributed by atoms with E-state index in [-0.39, 0.29) is 0 Å². The molecule has 2 saturated heterocycles. The van der Waals surface area contributed by atoms with E-state index in [0.29, 0.717) is 12.1 Å². The number of ether oxygens (including phenoxy) is 1. The Kier molecular flexibility index (Phi) is 5.38. The number of likely N-dealkylation sites (N-methyl/N-ethyl adjacent to an activating group) is 1. The highest BCUT2D eigenvalue weighted by Crippen LogP contribution is 2.13. The van der Waals surface area contributed by atoms with Gasteiger partial charge < -0.3 is 10.5 Å². The summed E-state index contributed by atoms with van der Waals surface area (Å²) in [6.45, 7) is 11.6. The van der Waals surface area contributed by atoms with Gasteiger partial charge in [0.2, 0.25) is 0 Å². The molecule has 2 aliphatic rings. The second-order valence-electron chi connectivity index (χ2n) is 5.63. The largest absolute Gasteiger partial charge is 0.379 e. The van der Waals surface area contributed by atoms with Crippen molar-refractivity contribution in [1.29, 1.82) is 0 Å². The van der Waals surface area contributed by atoms with E-state index >= 15 is 0 Å². The van der Waals surface area contributed by atoms with Crippen LogP contribution in [0.3, 0.4) is 0 Å². The number of morpholine rings is 1. The van der Waals surface area contributed by atoms with Crippen molar-refractivity contribution < 1.29 is 4.74 Å². The molecule has 2 fully saturated rings. The van der Waals surface area contributed by atoms with Crippen LogP contribution in [0.2, 0.25) is 0 Å². The molecule has 0 amide bonds. The smallest absolute Gasteiger partial charge is 0.0594 e. The average molecular weight is 256 g/mol. The van der Waals surface area contributed by atoms with Gasteiger partial charge in [0.25, 0.3) is 0 Å². The Hall–Kier alpha value is -0.200. The number of nitrogens with zero attached hydrogens (tertiary/aromatic N) is 3. The second kappa shape index (κ2) is 6.82. The summed E-state index contributed by atoms with van der Waals surface area (Å²) in [6, 6.07) is 1.16. The van der Waals surface area contributed by atoms with Crippen LogP contribution in [-0.4, -0.2) is 92.9 Å². The number of nitrogens with two attached hydrogens (primary N) is 1. The molecule has 2 aliphatic heterocycles. The minimum absolute atomic E-state index is 0.519. The zero-order valence-corrected chi connectivity index (χ0v) is 11.8. The van der Waals surface area contributed by atoms with Crippen molar-refractivity contribution in [2.24, 2.45) is 5.73 Å². The lowest BCUT2D eigenvalue weighted by Crippen LogP contribution is -2.59. The standard InChI is InChI=1S/C13H28N4O/c1-12-10-15(2)13(9-14)11-17(12)4-3-16-5-7-18-8-6-16/h12-13H,3-11,14H2,1-2H3. The third kappa shape index (κ3) is 3.65. The molecular formula is C13H28N4O. The van der Waals surface area contributed by atoms with E-state index in [1.807, 2.05) is 0 Å². The highest BCUT2D eigenvalue weighted by molar-refractivity contribution is 4.86. The molecule has 2 rings (SSSR count).